The molecular formula is C6H6N2O. The van der Waals surface area contributed by atoms with Crippen LogP contribution in [0.5, 0.6) is 0 Å². The van der Waals surface area contributed by atoms with Crippen LogP contribution in [-0.4, -0.2) is 15.9 Å². The minimum absolute atomic E-state index is 0.587. The number of imidazole rings is 1. The Morgan fingerprint density at radius 1 is 1.89 bits per heavy atom. The number of aromatic amines is 1. The summed E-state index contributed by atoms with van der Waals surface area (Å²) in [7, 11) is 0. The Balaban J connectivity index is 2.57. The molecule has 0 atom stereocenters. The molecule has 0 amide bonds. The second kappa shape index (κ2) is 2.84. The lowest BCUT2D eigenvalue weighted by atomic mass is 10.3. The molecule has 1 aromatic heterocycles. The molecule has 0 fully saturated rings. The summed E-state index contributed by atoms with van der Waals surface area (Å²) in [5.74, 6) is 1.68. The van der Waals surface area contributed by atoms with Crippen LogP contribution < -0.4 is 0 Å². The van der Waals surface area contributed by atoms with Gasteiger partial charge in [0, 0.05) is 24.4 Å². The van der Waals surface area contributed by atoms with E-state index >= 15 is 0 Å². The number of nitrogens with zero attached hydrogens (tertiary/aromatic N) is 1. The number of aromatic nitrogens is 2. The molecule has 0 saturated carbocycles. The Morgan fingerprint density at radius 3 is 3.33 bits per heavy atom. The first-order chi connectivity index (χ1) is 4.43. The van der Waals surface area contributed by atoms with Gasteiger partial charge in [0.1, 0.15) is 5.94 Å². The van der Waals surface area contributed by atoms with Gasteiger partial charge in [-0.05, 0) is 0 Å². The first-order valence-electron chi connectivity index (χ1n) is 2.60. The summed E-state index contributed by atoms with van der Waals surface area (Å²) in [5.41, 5.74) is 0.929. The molecule has 46 valence electrons. The molecule has 3 heteroatoms. The van der Waals surface area contributed by atoms with Gasteiger partial charge >= 0.3 is 0 Å². The maximum absolute atomic E-state index is 9.69. The molecule has 9 heavy (non-hydrogen) atoms. The number of hydrogen-bond acceptors (Lipinski definition) is 2. The van der Waals surface area contributed by atoms with Crippen molar-refractivity contribution in [1.29, 1.82) is 0 Å². The molecule has 0 aliphatic heterocycles. The summed E-state index contributed by atoms with van der Waals surface area (Å²) in [4.78, 5) is 16.3. The highest BCUT2D eigenvalue weighted by atomic mass is 16.1. The van der Waals surface area contributed by atoms with E-state index in [0.717, 1.165) is 5.69 Å². The van der Waals surface area contributed by atoms with Crippen molar-refractivity contribution < 1.29 is 4.79 Å². The number of carbonyl (C=O) groups excluding carboxylic acids is 1. The number of hydrogen-bond donors (Lipinski definition) is 1. The van der Waals surface area contributed by atoms with E-state index in [1.165, 1.54) is 6.08 Å². The molecular weight excluding hydrogens is 116 g/mol. The highest BCUT2D eigenvalue weighted by Crippen LogP contribution is 1.90. The molecule has 0 aliphatic rings. The fourth-order valence-electron chi connectivity index (χ4n) is 0.548. The summed E-state index contributed by atoms with van der Waals surface area (Å²) in [6, 6.07) is 0. The molecule has 1 heterocycles. The quantitative estimate of drug-likeness (QED) is 0.575. The monoisotopic (exact) mass is 122 g/mol. The van der Waals surface area contributed by atoms with Crippen molar-refractivity contribution in [2.45, 2.75) is 6.42 Å². The number of allylic oxidation sites excluding steroid dienone is 1. The zero-order chi connectivity index (χ0) is 6.53. The van der Waals surface area contributed by atoms with Gasteiger partial charge in [-0.3, -0.25) is 0 Å². The lowest BCUT2D eigenvalue weighted by Crippen LogP contribution is -1.77. The van der Waals surface area contributed by atoms with E-state index in [-0.39, 0.29) is 0 Å². The average molecular weight is 122 g/mol. The number of nitrogens with one attached hydrogen (secondary N) is 1. The third-order valence-electron chi connectivity index (χ3n) is 0.960. The van der Waals surface area contributed by atoms with Crippen molar-refractivity contribution in [1.82, 2.24) is 9.97 Å². The van der Waals surface area contributed by atoms with E-state index in [2.05, 4.69) is 9.97 Å². The van der Waals surface area contributed by atoms with Gasteiger partial charge in [-0.25, -0.2) is 9.78 Å². The summed E-state index contributed by atoms with van der Waals surface area (Å²) < 4.78 is 0. The molecule has 3 nitrogen and oxygen atoms in total. The minimum atomic E-state index is 0.587. The fraction of sp³-hybridized carbons (Fsp3) is 0.167. The predicted molar refractivity (Wildman–Crippen MR) is 32.6 cm³/mol. The second-order valence-electron chi connectivity index (χ2n) is 1.60. The first kappa shape index (κ1) is 5.79. The van der Waals surface area contributed by atoms with Crippen LogP contribution in [0, 0.1) is 0 Å². The summed E-state index contributed by atoms with van der Waals surface area (Å²) >= 11 is 0. The fourth-order valence-corrected chi connectivity index (χ4v) is 0.548. The lowest BCUT2D eigenvalue weighted by molar-refractivity contribution is 0.568. The minimum Gasteiger partial charge on any atom is -0.348 e. The Bertz CT molecular complexity index is 209. The van der Waals surface area contributed by atoms with Crippen LogP contribution in [0.3, 0.4) is 0 Å². The largest absolute Gasteiger partial charge is 0.348 e. The molecule has 1 N–H and O–H groups in total. The number of H-pyrrole nitrogens is 1. The first-order valence-corrected chi connectivity index (χ1v) is 2.60. The van der Waals surface area contributed by atoms with Gasteiger partial charge in [-0.2, -0.15) is 0 Å². The maximum atomic E-state index is 9.69. The molecule has 0 saturated heterocycles. The second-order valence-corrected chi connectivity index (χ2v) is 1.60. The Labute approximate surface area is 52.4 Å². The molecule has 0 aliphatic carbocycles. The van der Waals surface area contributed by atoms with Crippen LogP contribution in [0.4, 0.5) is 0 Å². The van der Waals surface area contributed by atoms with Crippen molar-refractivity contribution in [2.75, 3.05) is 0 Å². The molecule has 0 radical (unpaired) electrons. The van der Waals surface area contributed by atoms with Crippen LogP contribution in [-0.2, 0) is 11.2 Å². The van der Waals surface area contributed by atoms with Gasteiger partial charge in [0.15, 0.2) is 0 Å². The maximum Gasteiger partial charge on any atom is 0.120 e. The van der Waals surface area contributed by atoms with E-state index in [9.17, 15) is 4.79 Å². The van der Waals surface area contributed by atoms with Crippen LogP contribution in [0.25, 0.3) is 0 Å². The van der Waals surface area contributed by atoms with E-state index in [4.69, 9.17) is 0 Å². The Morgan fingerprint density at radius 2 is 2.78 bits per heavy atom. The van der Waals surface area contributed by atoms with Crippen LogP contribution in [0.1, 0.15) is 5.69 Å². The van der Waals surface area contributed by atoms with Crippen LogP contribution >= 0.6 is 0 Å². The molecule has 0 spiro atoms. The van der Waals surface area contributed by atoms with E-state index in [1.54, 1.807) is 18.5 Å². The lowest BCUT2D eigenvalue weighted by Gasteiger charge is -1.80. The summed E-state index contributed by atoms with van der Waals surface area (Å²) in [5, 5.41) is 0. The van der Waals surface area contributed by atoms with Gasteiger partial charge < -0.3 is 4.98 Å². The molecule has 0 bridgehead atoms. The van der Waals surface area contributed by atoms with Crippen molar-refractivity contribution in [2.24, 2.45) is 0 Å². The van der Waals surface area contributed by atoms with Gasteiger partial charge in [-0.1, -0.05) is 0 Å². The zero-order valence-electron chi connectivity index (χ0n) is 4.79. The molecule has 0 aromatic carbocycles. The third kappa shape index (κ3) is 1.55. The van der Waals surface area contributed by atoms with Gasteiger partial charge in [0.05, 0.1) is 6.33 Å². The third-order valence-corrected chi connectivity index (χ3v) is 0.960. The van der Waals surface area contributed by atoms with Gasteiger partial charge in [0.25, 0.3) is 0 Å². The highest BCUT2D eigenvalue weighted by Gasteiger charge is 1.86. The van der Waals surface area contributed by atoms with Crippen molar-refractivity contribution >= 4 is 5.94 Å². The van der Waals surface area contributed by atoms with E-state index in [0.29, 0.717) is 6.42 Å². The van der Waals surface area contributed by atoms with E-state index in [1.807, 2.05) is 0 Å². The summed E-state index contributed by atoms with van der Waals surface area (Å²) in [6.07, 6.45) is 5.25. The smallest absolute Gasteiger partial charge is 0.120 e. The van der Waals surface area contributed by atoms with Crippen LogP contribution in [0.15, 0.2) is 18.6 Å². The molecule has 0 unspecified atom stereocenters. The average Bonchev–Trinajstić information content (AvgIpc) is 2.34. The van der Waals surface area contributed by atoms with Crippen molar-refractivity contribution in [3.63, 3.8) is 0 Å². The van der Waals surface area contributed by atoms with E-state index < -0.39 is 0 Å². The highest BCUT2D eigenvalue weighted by molar-refractivity contribution is 5.45. The normalized spacial score (nSPS) is 8.44. The van der Waals surface area contributed by atoms with Crippen LogP contribution in [0.2, 0.25) is 0 Å². The topological polar surface area (TPSA) is 45.8 Å². The standard InChI is InChI=1S/C6H6N2O/c9-3-1-2-6-4-7-5-8-6/h1,4-5H,2H2,(H,7,8). The van der Waals surface area contributed by atoms with Gasteiger partial charge in [0.2, 0.25) is 0 Å². The molecule has 1 aromatic rings. The molecule has 1 rings (SSSR count). The Kier molecular flexibility index (Phi) is 1.83. The van der Waals surface area contributed by atoms with Gasteiger partial charge in [-0.15, -0.1) is 0 Å². The van der Waals surface area contributed by atoms with Crippen molar-refractivity contribution in [3.05, 3.63) is 24.3 Å². The zero-order valence-corrected chi connectivity index (χ0v) is 4.79. The number of rotatable bonds is 2. The SMILES string of the molecule is O=C=CCc1cnc[nH]1. The predicted octanol–water partition coefficient (Wildman–Crippen LogP) is 0.340. The Hall–Kier alpha value is -1.34. The van der Waals surface area contributed by atoms with Crippen molar-refractivity contribution in [3.8, 4) is 0 Å². The summed E-state index contributed by atoms with van der Waals surface area (Å²) in [6.45, 7) is 0.